The highest BCUT2D eigenvalue weighted by Gasteiger charge is 2.34. The molecule has 2 aromatic rings. The number of rotatable bonds is 2. The average molecular weight is 286 g/mol. The van der Waals surface area contributed by atoms with E-state index in [0.29, 0.717) is 11.8 Å². The molecule has 0 saturated carbocycles. The zero-order valence-corrected chi connectivity index (χ0v) is 12.2. The number of piperidine rings is 1. The van der Waals surface area contributed by atoms with Gasteiger partial charge in [0.2, 0.25) is 0 Å². The molecule has 0 amide bonds. The summed E-state index contributed by atoms with van der Waals surface area (Å²) in [5, 5.41) is 2.15. The van der Waals surface area contributed by atoms with Gasteiger partial charge in [-0.15, -0.1) is 11.3 Å². The van der Waals surface area contributed by atoms with E-state index in [4.69, 9.17) is 0 Å². The van der Waals surface area contributed by atoms with E-state index in [1.807, 2.05) is 22.0 Å². The summed E-state index contributed by atoms with van der Waals surface area (Å²) in [5.74, 6) is 1.15. The van der Waals surface area contributed by atoms with Crippen LogP contribution >= 0.6 is 11.3 Å². The Hall–Kier alpha value is -1.39. The van der Waals surface area contributed by atoms with Crippen molar-refractivity contribution in [2.24, 2.45) is 5.92 Å². The second-order valence-corrected chi connectivity index (χ2v) is 7.00. The van der Waals surface area contributed by atoms with E-state index in [9.17, 15) is 4.79 Å². The fraction of sp³-hybridized carbons (Fsp3) is 0.438. The van der Waals surface area contributed by atoms with Gasteiger partial charge >= 0.3 is 0 Å². The number of fused-ring (bicyclic) bond motifs is 4. The van der Waals surface area contributed by atoms with Crippen LogP contribution in [0.3, 0.4) is 0 Å². The maximum atomic E-state index is 12.0. The summed E-state index contributed by atoms with van der Waals surface area (Å²) in [6.07, 6.45) is 1.24. The van der Waals surface area contributed by atoms with Crippen molar-refractivity contribution in [1.82, 2.24) is 9.47 Å². The molecule has 0 spiro atoms. The third-order valence-electron chi connectivity index (χ3n) is 4.51. The lowest BCUT2D eigenvalue weighted by molar-refractivity contribution is 0.115. The van der Waals surface area contributed by atoms with Gasteiger partial charge in [-0.1, -0.05) is 12.1 Å². The Morgan fingerprint density at radius 2 is 2.10 bits per heavy atom. The van der Waals surface area contributed by atoms with Crippen LogP contribution in [0.25, 0.3) is 0 Å². The first kappa shape index (κ1) is 12.4. The van der Waals surface area contributed by atoms with Gasteiger partial charge in [0.25, 0.3) is 5.56 Å². The van der Waals surface area contributed by atoms with E-state index in [1.54, 1.807) is 6.07 Å². The van der Waals surface area contributed by atoms with Crippen molar-refractivity contribution in [1.29, 1.82) is 0 Å². The highest BCUT2D eigenvalue weighted by atomic mass is 32.1. The molecule has 2 bridgehead atoms. The molecular weight excluding hydrogens is 268 g/mol. The molecule has 20 heavy (non-hydrogen) atoms. The Bertz CT molecular complexity index is 661. The van der Waals surface area contributed by atoms with Crippen LogP contribution in [0, 0.1) is 5.92 Å². The molecule has 2 aliphatic rings. The van der Waals surface area contributed by atoms with Gasteiger partial charge in [0.15, 0.2) is 0 Å². The van der Waals surface area contributed by atoms with Gasteiger partial charge in [0.1, 0.15) is 0 Å². The average Bonchev–Trinajstić information content (AvgIpc) is 2.93. The van der Waals surface area contributed by atoms with Crippen LogP contribution in [0.15, 0.2) is 40.5 Å². The molecule has 2 aromatic heterocycles. The number of likely N-dealkylation sites (tertiary alicyclic amines) is 1. The molecule has 4 heterocycles. The summed E-state index contributed by atoms with van der Waals surface area (Å²) >= 11 is 1.84. The van der Waals surface area contributed by atoms with Crippen LogP contribution < -0.4 is 5.56 Å². The lowest BCUT2D eigenvalue weighted by Crippen LogP contribution is -2.46. The highest BCUT2D eigenvalue weighted by Crippen LogP contribution is 2.35. The van der Waals surface area contributed by atoms with Gasteiger partial charge in [-0.05, 0) is 29.9 Å². The molecule has 3 nitrogen and oxygen atoms in total. The predicted octanol–water partition coefficient (Wildman–Crippen LogP) is 2.53. The molecule has 0 aliphatic carbocycles. The van der Waals surface area contributed by atoms with E-state index in [0.717, 1.165) is 26.2 Å². The van der Waals surface area contributed by atoms with E-state index in [2.05, 4.69) is 28.5 Å². The second-order valence-electron chi connectivity index (χ2n) is 5.97. The van der Waals surface area contributed by atoms with E-state index < -0.39 is 0 Å². The van der Waals surface area contributed by atoms with Crippen molar-refractivity contribution in [3.8, 4) is 0 Å². The molecule has 2 aliphatic heterocycles. The molecule has 0 N–H and O–H groups in total. The quantitative estimate of drug-likeness (QED) is 0.847. The van der Waals surface area contributed by atoms with Crippen LogP contribution in [-0.4, -0.2) is 22.6 Å². The highest BCUT2D eigenvalue weighted by molar-refractivity contribution is 7.09. The van der Waals surface area contributed by atoms with Crippen molar-refractivity contribution in [3.05, 3.63) is 56.6 Å². The van der Waals surface area contributed by atoms with Gasteiger partial charge in [0, 0.05) is 48.7 Å². The molecule has 0 radical (unpaired) electrons. The molecule has 0 aromatic carbocycles. The molecular formula is C16H18N2OS. The molecule has 2 atom stereocenters. The topological polar surface area (TPSA) is 25.2 Å². The van der Waals surface area contributed by atoms with E-state index in [1.165, 1.54) is 17.0 Å². The first-order chi connectivity index (χ1) is 9.79. The third-order valence-corrected chi connectivity index (χ3v) is 5.38. The monoisotopic (exact) mass is 286 g/mol. The lowest BCUT2D eigenvalue weighted by atomic mass is 9.83. The summed E-state index contributed by atoms with van der Waals surface area (Å²) in [5.41, 5.74) is 1.41. The summed E-state index contributed by atoms with van der Waals surface area (Å²) in [6.45, 7) is 4.15. The minimum Gasteiger partial charge on any atom is -0.312 e. The van der Waals surface area contributed by atoms with Crippen molar-refractivity contribution < 1.29 is 0 Å². The third kappa shape index (κ3) is 2.13. The van der Waals surface area contributed by atoms with Crippen LogP contribution in [-0.2, 0) is 13.1 Å². The fourth-order valence-corrected chi connectivity index (χ4v) is 4.49. The Morgan fingerprint density at radius 3 is 2.95 bits per heavy atom. The molecule has 4 heteroatoms. The normalized spacial score (nSPS) is 25.4. The van der Waals surface area contributed by atoms with Crippen LogP contribution in [0.4, 0.5) is 0 Å². The fourth-order valence-electron chi connectivity index (χ4n) is 3.75. The van der Waals surface area contributed by atoms with Gasteiger partial charge in [-0.2, -0.15) is 0 Å². The number of nitrogens with zero attached hydrogens (tertiary/aromatic N) is 2. The first-order valence-electron chi connectivity index (χ1n) is 7.24. The number of aromatic nitrogens is 1. The Balaban J connectivity index is 1.60. The molecule has 104 valence electrons. The summed E-state index contributed by atoms with van der Waals surface area (Å²) in [7, 11) is 0. The number of hydrogen-bond donors (Lipinski definition) is 0. The maximum absolute atomic E-state index is 12.0. The first-order valence-corrected chi connectivity index (χ1v) is 8.12. The van der Waals surface area contributed by atoms with Gasteiger partial charge < -0.3 is 4.57 Å². The minimum absolute atomic E-state index is 0.170. The van der Waals surface area contributed by atoms with E-state index in [-0.39, 0.29) is 5.56 Å². The van der Waals surface area contributed by atoms with Crippen LogP contribution in [0.5, 0.6) is 0 Å². The largest absolute Gasteiger partial charge is 0.312 e. The number of thiophene rings is 1. The van der Waals surface area contributed by atoms with Gasteiger partial charge in [0.05, 0.1) is 0 Å². The summed E-state index contributed by atoms with van der Waals surface area (Å²) < 4.78 is 2.00. The number of hydrogen-bond acceptors (Lipinski definition) is 3. The summed E-state index contributed by atoms with van der Waals surface area (Å²) in [4.78, 5) is 16.0. The maximum Gasteiger partial charge on any atom is 0.250 e. The number of pyridine rings is 1. The molecule has 1 saturated heterocycles. The molecule has 0 unspecified atom stereocenters. The van der Waals surface area contributed by atoms with E-state index >= 15 is 0 Å². The van der Waals surface area contributed by atoms with Crippen molar-refractivity contribution in [3.63, 3.8) is 0 Å². The predicted molar refractivity (Wildman–Crippen MR) is 81.1 cm³/mol. The van der Waals surface area contributed by atoms with Crippen LogP contribution in [0.2, 0.25) is 0 Å². The summed E-state index contributed by atoms with van der Waals surface area (Å²) in [6, 6.07) is 10.1. The zero-order valence-electron chi connectivity index (χ0n) is 11.4. The second kappa shape index (κ2) is 4.86. The smallest absolute Gasteiger partial charge is 0.250 e. The standard InChI is InChI=1S/C16H18N2OS/c19-16-5-1-4-15-13-7-12(9-18(15)16)8-17(10-13)11-14-3-2-6-20-14/h1-6,12-13H,7-11H2/t12-,13+/m1/s1. The van der Waals surface area contributed by atoms with Gasteiger partial charge in [-0.3, -0.25) is 9.69 Å². The Morgan fingerprint density at radius 1 is 1.15 bits per heavy atom. The van der Waals surface area contributed by atoms with Crippen molar-refractivity contribution in [2.45, 2.75) is 25.4 Å². The zero-order chi connectivity index (χ0) is 13.5. The molecule has 1 fully saturated rings. The Labute approximate surface area is 122 Å². The van der Waals surface area contributed by atoms with Crippen molar-refractivity contribution >= 4 is 11.3 Å². The SMILES string of the molecule is O=c1cccc2n1C[C@@H]1C[C@H]2CN(Cc2cccs2)C1. The van der Waals surface area contributed by atoms with Crippen molar-refractivity contribution in [2.75, 3.05) is 13.1 Å². The van der Waals surface area contributed by atoms with Gasteiger partial charge in [-0.25, -0.2) is 0 Å². The Kier molecular flexibility index (Phi) is 3.00. The molecule has 4 rings (SSSR count). The lowest BCUT2D eigenvalue weighted by Gasteiger charge is -2.42. The minimum atomic E-state index is 0.170. The van der Waals surface area contributed by atoms with Crippen LogP contribution in [0.1, 0.15) is 22.9 Å².